The number of ketones is 1. The Morgan fingerprint density at radius 1 is 1.12 bits per heavy atom. The Morgan fingerprint density at radius 3 is 2.65 bits per heavy atom. The van der Waals surface area contributed by atoms with E-state index >= 15 is 0 Å². The third-order valence-electron chi connectivity index (χ3n) is 5.71. The number of carbonyl (C=O) groups is 3. The highest BCUT2D eigenvalue weighted by Gasteiger charge is 2.27. The van der Waals surface area contributed by atoms with Gasteiger partial charge < -0.3 is 24.1 Å². The molecule has 9 nitrogen and oxygen atoms in total. The second kappa shape index (κ2) is 9.78. The van der Waals surface area contributed by atoms with Crippen LogP contribution in [0.2, 0.25) is 0 Å². The molecule has 1 aromatic carbocycles. The molecule has 0 aliphatic carbocycles. The largest absolute Gasteiger partial charge is 0.464 e. The van der Waals surface area contributed by atoms with Gasteiger partial charge in [-0.25, -0.2) is 4.79 Å². The average molecular weight is 463 g/mol. The molecular weight excluding hydrogens is 438 g/mol. The van der Waals surface area contributed by atoms with Crippen molar-refractivity contribution in [3.63, 3.8) is 0 Å². The number of esters is 1. The number of nitrogens with one attached hydrogen (secondary N) is 1. The van der Waals surface area contributed by atoms with Gasteiger partial charge in [0.2, 0.25) is 6.79 Å². The molecule has 0 radical (unpaired) electrons. The molecule has 1 N–H and O–H groups in total. The first-order valence-corrected chi connectivity index (χ1v) is 10.8. The van der Waals surface area contributed by atoms with Gasteiger partial charge in [0, 0.05) is 41.7 Å². The van der Waals surface area contributed by atoms with E-state index in [-0.39, 0.29) is 37.3 Å². The summed E-state index contributed by atoms with van der Waals surface area (Å²) < 4.78 is 15.5. The van der Waals surface area contributed by atoms with Crippen LogP contribution in [0, 0.1) is 13.8 Å². The fourth-order valence-electron chi connectivity index (χ4n) is 3.99. The summed E-state index contributed by atoms with van der Waals surface area (Å²) >= 11 is 0. The maximum absolute atomic E-state index is 13.4. The molecule has 3 aromatic rings. The van der Waals surface area contributed by atoms with Gasteiger partial charge in [0.05, 0.1) is 13.7 Å². The van der Waals surface area contributed by atoms with Gasteiger partial charge >= 0.3 is 5.97 Å². The number of pyridine rings is 1. The predicted molar refractivity (Wildman–Crippen MR) is 122 cm³/mol. The number of nitrogens with zero attached hydrogens (tertiary/aromatic N) is 2. The van der Waals surface area contributed by atoms with Crippen molar-refractivity contribution >= 4 is 17.7 Å². The van der Waals surface area contributed by atoms with Crippen molar-refractivity contribution < 1.29 is 28.6 Å². The second-order valence-corrected chi connectivity index (χ2v) is 7.91. The molecular formula is C25H25N3O6. The summed E-state index contributed by atoms with van der Waals surface area (Å²) in [5.74, 6) is -0.0929. The lowest BCUT2D eigenvalue weighted by Crippen LogP contribution is -2.37. The standard InChI is InChI=1S/C25H25N3O6/c1-15-22(16(2)27-23(15)25(31)32-3)19(29)13-28(11-9-18-6-4-5-10-26-18)24(30)17-7-8-20-21(12-17)34-14-33-20/h4-8,10,12,27H,9,11,13-14H2,1-3H3. The predicted octanol–water partition coefficient (Wildman–Crippen LogP) is 3.11. The SMILES string of the molecule is COC(=O)c1[nH]c(C)c(C(=O)CN(CCc2ccccn2)C(=O)c2ccc3c(c2)OCO3)c1C. The molecule has 1 aliphatic heterocycles. The summed E-state index contributed by atoms with van der Waals surface area (Å²) in [6, 6.07) is 10.5. The molecule has 0 spiro atoms. The van der Waals surface area contributed by atoms with Crippen LogP contribution in [0.1, 0.15) is 48.2 Å². The van der Waals surface area contributed by atoms with E-state index in [1.165, 1.54) is 12.0 Å². The zero-order valence-corrected chi connectivity index (χ0v) is 19.2. The van der Waals surface area contributed by atoms with E-state index in [1.54, 1.807) is 38.2 Å². The van der Waals surface area contributed by atoms with Crippen LogP contribution in [-0.4, -0.2) is 59.5 Å². The van der Waals surface area contributed by atoms with Crippen molar-refractivity contribution in [2.24, 2.45) is 0 Å². The molecule has 1 amide bonds. The molecule has 2 aromatic heterocycles. The number of benzene rings is 1. The smallest absolute Gasteiger partial charge is 0.354 e. The Bertz CT molecular complexity index is 1230. The van der Waals surface area contributed by atoms with Gasteiger partial charge in [-0.05, 0) is 49.7 Å². The Morgan fingerprint density at radius 2 is 1.91 bits per heavy atom. The fourth-order valence-corrected chi connectivity index (χ4v) is 3.99. The molecule has 176 valence electrons. The first-order valence-electron chi connectivity index (χ1n) is 10.8. The molecule has 0 bridgehead atoms. The van der Waals surface area contributed by atoms with Crippen LogP contribution in [0.5, 0.6) is 11.5 Å². The van der Waals surface area contributed by atoms with Crippen LogP contribution >= 0.6 is 0 Å². The zero-order chi connectivity index (χ0) is 24.2. The molecule has 0 fully saturated rings. The third-order valence-corrected chi connectivity index (χ3v) is 5.71. The highest BCUT2D eigenvalue weighted by molar-refractivity contribution is 6.05. The van der Waals surface area contributed by atoms with E-state index in [0.717, 1.165) is 5.69 Å². The second-order valence-electron chi connectivity index (χ2n) is 7.91. The topological polar surface area (TPSA) is 111 Å². The number of aromatic amines is 1. The maximum Gasteiger partial charge on any atom is 0.354 e. The summed E-state index contributed by atoms with van der Waals surface area (Å²) in [5, 5.41) is 0. The lowest BCUT2D eigenvalue weighted by molar-refractivity contribution is 0.0593. The van der Waals surface area contributed by atoms with Crippen molar-refractivity contribution in [2.75, 3.05) is 27.0 Å². The summed E-state index contributed by atoms with van der Waals surface area (Å²) in [6.07, 6.45) is 2.16. The van der Waals surface area contributed by atoms with Gasteiger partial charge in [-0.3, -0.25) is 14.6 Å². The molecule has 0 saturated heterocycles. The molecule has 1 aliphatic rings. The minimum Gasteiger partial charge on any atom is -0.464 e. The first-order chi connectivity index (χ1) is 16.4. The number of H-pyrrole nitrogens is 1. The van der Waals surface area contributed by atoms with Gasteiger partial charge in [-0.1, -0.05) is 6.07 Å². The Hall–Kier alpha value is -4.14. The number of hydrogen-bond acceptors (Lipinski definition) is 7. The molecule has 34 heavy (non-hydrogen) atoms. The van der Waals surface area contributed by atoms with Gasteiger partial charge in [0.25, 0.3) is 5.91 Å². The van der Waals surface area contributed by atoms with Crippen LogP contribution < -0.4 is 9.47 Å². The molecule has 0 atom stereocenters. The first kappa shape index (κ1) is 23.0. The maximum atomic E-state index is 13.4. The van der Waals surface area contributed by atoms with Crippen LogP contribution in [0.25, 0.3) is 0 Å². The molecule has 3 heterocycles. The van der Waals surface area contributed by atoms with Gasteiger partial charge in [-0.15, -0.1) is 0 Å². The van der Waals surface area contributed by atoms with E-state index in [1.807, 2.05) is 18.2 Å². The monoisotopic (exact) mass is 463 g/mol. The molecule has 4 rings (SSSR count). The number of rotatable bonds is 8. The molecule has 9 heteroatoms. The van der Waals surface area contributed by atoms with Crippen molar-refractivity contribution in [1.82, 2.24) is 14.9 Å². The third kappa shape index (κ3) is 4.63. The Labute approximate surface area is 196 Å². The number of amides is 1. The summed E-state index contributed by atoms with van der Waals surface area (Å²) in [4.78, 5) is 47.5. The van der Waals surface area contributed by atoms with E-state index in [9.17, 15) is 14.4 Å². The fraction of sp³-hybridized carbons (Fsp3) is 0.280. The quantitative estimate of drug-likeness (QED) is 0.404. The summed E-state index contributed by atoms with van der Waals surface area (Å²) in [5.41, 5.74) is 2.83. The van der Waals surface area contributed by atoms with Crippen molar-refractivity contribution in [3.8, 4) is 11.5 Å². The van der Waals surface area contributed by atoms with Crippen LogP contribution in [0.3, 0.4) is 0 Å². The van der Waals surface area contributed by atoms with Crippen molar-refractivity contribution in [2.45, 2.75) is 20.3 Å². The van der Waals surface area contributed by atoms with Crippen LogP contribution in [-0.2, 0) is 11.2 Å². The normalized spacial score (nSPS) is 11.9. The number of methoxy groups -OCH3 is 1. The van der Waals surface area contributed by atoms with E-state index < -0.39 is 5.97 Å². The van der Waals surface area contributed by atoms with Gasteiger partial charge in [-0.2, -0.15) is 0 Å². The van der Waals surface area contributed by atoms with Crippen molar-refractivity contribution in [1.29, 1.82) is 0 Å². The lowest BCUT2D eigenvalue weighted by Gasteiger charge is -2.22. The van der Waals surface area contributed by atoms with E-state index in [4.69, 9.17) is 14.2 Å². The number of aryl methyl sites for hydroxylation is 1. The van der Waals surface area contributed by atoms with Gasteiger partial charge in [0.1, 0.15) is 5.69 Å². The number of hydrogen-bond donors (Lipinski definition) is 1. The highest BCUT2D eigenvalue weighted by Crippen LogP contribution is 2.33. The average Bonchev–Trinajstić information content (AvgIpc) is 3.44. The highest BCUT2D eigenvalue weighted by atomic mass is 16.7. The Kier molecular flexibility index (Phi) is 6.62. The summed E-state index contributed by atoms with van der Waals surface area (Å²) in [6.45, 7) is 3.61. The van der Waals surface area contributed by atoms with E-state index in [0.29, 0.717) is 40.3 Å². The number of fused-ring (bicyclic) bond motifs is 1. The Balaban J connectivity index is 1.60. The summed E-state index contributed by atoms with van der Waals surface area (Å²) in [7, 11) is 1.28. The minimum absolute atomic E-state index is 0.101. The zero-order valence-electron chi connectivity index (χ0n) is 19.2. The lowest BCUT2D eigenvalue weighted by atomic mass is 10.0. The molecule has 0 unspecified atom stereocenters. The van der Waals surface area contributed by atoms with Gasteiger partial charge in [0.15, 0.2) is 17.3 Å². The van der Waals surface area contributed by atoms with Crippen LogP contribution in [0.15, 0.2) is 42.6 Å². The number of carbonyl (C=O) groups excluding carboxylic acids is 3. The number of ether oxygens (including phenoxy) is 3. The molecule has 0 saturated carbocycles. The van der Waals surface area contributed by atoms with Crippen molar-refractivity contribution in [3.05, 3.63) is 76.4 Å². The van der Waals surface area contributed by atoms with E-state index in [2.05, 4.69) is 9.97 Å². The van der Waals surface area contributed by atoms with Crippen LogP contribution in [0.4, 0.5) is 0 Å². The number of aromatic nitrogens is 2. The minimum atomic E-state index is -0.553. The number of Topliss-reactive ketones (excluding diaryl/α,β-unsaturated/α-hetero) is 1.